The number of furan rings is 1. The third-order valence-corrected chi connectivity index (χ3v) is 4.71. The molecular formula is C20H33N3O3. The first-order valence-corrected chi connectivity index (χ1v) is 9.96. The van der Waals surface area contributed by atoms with Crippen LogP contribution in [0, 0.1) is 5.92 Å². The minimum absolute atomic E-state index is 0.0423. The zero-order valence-electron chi connectivity index (χ0n) is 16.1. The molecule has 1 aromatic heterocycles. The summed E-state index contributed by atoms with van der Waals surface area (Å²) in [7, 11) is 0. The highest BCUT2D eigenvalue weighted by atomic mass is 16.5. The first kappa shape index (κ1) is 20.3. The number of aliphatic imine (C=N–C) groups is 1. The molecule has 146 valence electrons. The van der Waals surface area contributed by atoms with E-state index in [4.69, 9.17) is 9.15 Å². The molecule has 0 radical (unpaired) electrons. The maximum absolute atomic E-state index is 11.9. The molecule has 1 saturated carbocycles. The summed E-state index contributed by atoms with van der Waals surface area (Å²) in [5.74, 6) is 1.85. The van der Waals surface area contributed by atoms with Gasteiger partial charge in [-0.1, -0.05) is 13.3 Å². The van der Waals surface area contributed by atoms with E-state index in [0.717, 1.165) is 69.8 Å². The Hall–Kier alpha value is -1.98. The molecule has 0 bridgehead atoms. The molecule has 0 aliphatic heterocycles. The summed E-state index contributed by atoms with van der Waals surface area (Å²) in [6.45, 7) is 6.10. The highest BCUT2D eigenvalue weighted by Crippen LogP contribution is 2.25. The molecule has 1 aliphatic rings. The van der Waals surface area contributed by atoms with Crippen LogP contribution in [-0.2, 0) is 16.0 Å². The molecular weight excluding hydrogens is 330 g/mol. The Labute approximate surface area is 156 Å². The summed E-state index contributed by atoms with van der Waals surface area (Å²) in [6.07, 6.45) is 8.44. The Bertz CT molecular complexity index is 535. The molecule has 1 aromatic rings. The summed E-state index contributed by atoms with van der Waals surface area (Å²) in [5, 5.41) is 6.95. The lowest BCUT2D eigenvalue weighted by Gasteiger charge is -2.29. The number of nitrogens with one attached hydrogen (secondary N) is 2. The average molecular weight is 364 g/mol. The lowest BCUT2D eigenvalue weighted by Crippen LogP contribution is -2.46. The van der Waals surface area contributed by atoms with Crippen LogP contribution in [0.3, 0.4) is 0 Å². The second-order valence-electron chi connectivity index (χ2n) is 6.78. The van der Waals surface area contributed by atoms with Crippen LogP contribution in [0.1, 0.15) is 58.1 Å². The molecule has 0 saturated heterocycles. The van der Waals surface area contributed by atoms with E-state index in [1.807, 2.05) is 19.1 Å². The van der Waals surface area contributed by atoms with Gasteiger partial charge in [0.05, 0.1) is 18.8 Å². The maximum Gasteiger partial charge on any atom is 0.308 e. The second-order valence-corrected chi connectivity index (χ2v) is 6.78. The molecule has 2 N–H and O–H groups in total. The number of carbonyl (C=O) groups is 1. The fourth-order valence-electron chi connectivity index (χ4n) is 3.19. The number of carbonyl (C=O) groups excluding carboxylic acids is 1. The van der Waals surface area contributed by atoms with Gasteiger partial charge >= 0.3 is 5.97 Å². The number of ether oxygens (including phenoxy) is 1. The number of unbranched alkanes of at least 4 members (excludes halogenated alkanes) is 1. The van der Waals surface area contributed by atoms with Crippen molar-refractivity contribution in [2.75, 3.05) is 19.7 Å². The number of esters is 1. The first-order chi connectivity index (χ1) is 12.7. The quantitative estimate of drug-likeness (QED) is 0.305. The Morgan fingerprint density at radius 1 is 1.31 bits per heavy atom. The van der Waals surface area contributed by atoms with Crippen LogP contribution in [-0.4, -0.2) is 37.7 Å². The third kappa shape index (κ3) is 7.10. The topological polar surface area (TPSA) is 75.9 Å². The molecule has 6 heteroatoms. The highest BCUT2D eigenvalue weighted by molar-refractivity contribution is 5.80. The molecule has 1 aliphatic carbocycles. The van der Waals surface area contributed by atoms with Crippen LogP contribution >= 0.6 is 0 Å². The minimum Gasteiger partial charge on any atom is -0.469 e. The van der Waals surface area contributed by atoms with Gasteiger partial charge in [-0.2, -0.15) is 0 Å². The smallest absolute Gasteiger partial charge is 0.308 e. The summed E-state index contributed by atoms with van der Waals surface area (Å²) in [4.78, 5) is 16.5. The van der Waals surface area contributed by atoms with Crippen molar-refractivity contribution >= 4 is 11.9 Å². The van der Waals surface area contributed by atoms with Crippen LogP contribution in [0.2, 0.25) is 0 Å². The van der Waals surface area contributed by atoms with Gasteiger partial charge in [-0.15, -0.1) is 0 Å². The lowest BCUT2D eigenvalue weighted by atomic mass is 9.86. The summed E-state index contributed by atoms with van der Waals surface area (Å²) < 4.78 is 10.5. The van der Waals surface area contributed by atoms with Gasteiger partial charge in [-0.3, -0.25) is 9.79 Å². The minimum atomic E-state index is -0.0423. The molecule has 2 rings (SSSR count). The molecule has 1 heterocycles. The fourth-order valence-corrected chi connectivity index (χ4v) is 3.19. The van der Waals surface area contributed by atoms with Gasteiger partial charge in [0.15, 0.2) is 5.96 Å². The van der Waals surface area contributed by atoms with Crippen LogP contribution in [0.15, 0.2) is 27.8 Å². The van der Waals surface area contributed by atoms with Crippen molar-refractivity contribution in [2.45, 2.75) is 64.8 Å². The van der Waals surface area contributed by atoms with E-state index in [1.165, 1.54) is 0 Å². The highest BCUT2D eigenvalue weighted by Gasteiger charge is 2.27. The molecule has 0 atom stereocenters. The van der Waals surface area contributed by atoms with Crippen molar-refractivity contribution in [1.82, 2.24) is 10.6 Å². The number of hydrogen-bond donors (Lipinski definition) is 2. The van der Waals surface area contributed by atoms with Crippen molar-refractivity contribution in [3.8, 4) is 0 Å². The van der Waals surface area contributed by atoms with Gasteiger partial charge in [0.2, 0.25) is 0 Å². The van der Waals surface area contributed by atoms with E-state index in [2.05, 4.69) is 22.5 Å². The van der Waals surface area contributed by atoms with E-state index in [9.17, 15) is 4.79 Å². The van der Waals surface area contributed by atoms with E-state index in [1.54, 1.807) is 6.26 Å². The zero-order valence-corrected chi connectivity index (χ0v) is 16.1. The van der Waals surface area contributed by atoms with Crippen LogP contribution in [0.4, 0.5) is 0 Å². The Kier molecular flexibility index (Phi) is 9.07. The SMILES string of the molecule is CCCCN=C(NCCc1ccco1)NC1CCC(C(=O)OCC)CC1. The number of rotatable bonds is 9. The molecule has 1 fully saturated rings. The monoisotopic (exact) mass is 363 g/mol. The molecule has 0 spiro atoms. The van der Waals surface area contributed by atoms with Crippen molar-refractivity contribution in [1.29, 1.82) is 0 Å². The Morgan fingerprint density at radius 2 is 2.12 bits per heavy atom. The number of hydrogen-bond acceptors (Lipinski definition) is 4. The summed E-state index contributed by atoms with van der Waals surface area (Å²) >= 11 is 0. The predicted molar refractivity (Wildman–Crippen MR) is 103 cm³/mol. The van der Waals surface area contributed by atoms with Gasteiger partial charge < -0.3 is 19.8 Å². The van der Waals surface area contributed by atoms with Gasteiger partial charge in [-0.25, -0.2) is 0 Å². The third-order valence-electron chi connectivity index (χ3n) is 4.71. The van der Waals surface area contributed by atoms with Gasteiger partial charge in [0.1, 0.15) is 5.76 Å². The van der Waals surface area contributed by atoms with E-state index in [-0.39, 0.29) is 11.9 Å². The first-order valence-electron chi connectivity index (χ1n) is 9.96. The molecule has 26 heavy (non-hydrogen) atoms. The van der Waals surface area contributed by atoms with Gasteiger partial charge in [0.25, 0.3) is 0 Å². The van der Waals surface area contributed by atoms with Gasteiger partial charge in [-0.05, 0) is 51.2 Å². The number of guanidine groups is 1. The maximum atomic E-state index is 11.9. The average Bonchev–Trinajstić information content (AvgIpc) is 3.16. The Morgan fingerprint density at radius 3 is 2.77 bits per heavy atom. The molecule has 0 aromatic carbocycles. The second kappa shape index (κ2) is 11.6. The van der Waals surface area contributed by atoms with E-state index < -0.39 is 0 Å². The summed E-state index contributed by atoms with van der Waals surface area (Å²) in [5.41, 5.74) is 0. The lowest BCUT2D eigenvalue weighted by molar-refractivity contribution is -0.149. The van der Waals surface area contributed by atoms with Crippen molar-refractivity contribution in [3.05, 3.63) is 24.2 Å². The fraction of sp³-hybridized carbons (Fsp3) is 0.700. The Balaban J connectivity index is 1.78. The standard InChI is InChI=1S/C20H33N3O3/c1-3-5-13-21-20(22-14-12-18-7-6-15-26-18)23-17-10-8-16(9-11-17)19(24)25-4-2/h6-7,15-17H,3-5,8-14H2,1-2H3,(H2,21,22,23). The van der Waals surface area contributed by atoms with Crippen LogP contribution in [0.25, 0.3) is 0 Å². The molecule has 0 unspecified atom stereocenters. The van der Waals surface area contributed by atoms with E-state index in [0.29, 0.717) is 12.6 Å². The normalized spacial score (nSPS) is 20.6. The van der Waals surface area contributed by atoms with Crippen LogP contribution in [0.5, 0.6) is 0 Å². The van der Waals surface area contributed by atoms with Crippen molar-refractivity contribution < 1.29 is 13.9 Å². The van der Waals surface area contributed by atoms with Crippen molar-refractivity contribution in [3.63, 3.8) is 0 Å². The van der Waals surface area contributed by atoms with Crippen LogP contribution < -0.4 is 10.6 Å². The predicted octanol–water partition coefficient (Wildman–Crippen LogP) is 3.28. The van der Waals surface area contributed by atoms with Crippen molar-refractivity contribution in [2.24, 2.45) is 10.9 Å². The largest absolute Gasteiger partial charge is 0.469 e. The summed E-state index contributed by atoms with van der Waals surface area (Å²) in [6, 6.07) is 4.25. The number of nitrogens with zero attached hydrogens (tertiary/aromatic N) is 1. The zero-order chi connectivity index (χ0) is 18.6. The van der Waals surface area contributed by atoms with Gasteiger partial charge in [0, 0.05) is 25.6 Å². The van der Waals surface area contributed by atoms with E-state index >= 15 is 0 Å². The molecule has 0 amide bonds. The molecule has 6 nitrogen and oxygen atoms in total.